The van der Waals surface area contributed by atoms with E-state index in [1.807, 2.05) is 5.32 Å². The Balaban J connectivity index is 2.95. The molecular formula is C12H15F3N2O2. The molecule has 1 rings (SSSR count). The molecule has 0 aliphatic carbocycles. The molecule has 1 amide bonds. The standard InChI is InChI=1S/C12H15F3N2O2/c1-11(2,3)10(12(13,14)15)17-9(19)7-4-5-8(18)16-6-7/h4-6,10H,1-3H3,(H,16,18)(H,17,19). The smallest absolute Gasteiger partial charge is 0.340 e. The Morgan fingerprint density at radius 1 is 1.26 bits per heavy atom. The van der Waals surface area contributed by atoms with Crippen LogP contribution in [0.3, 0.4) is 0 Å². The van der Waals surface area contributed by atoms with Crippen molar-refractivity contribution in [3.05, 3.63) is 34.2 Å². The molecule has 0 bridgehead atoms. The number of halogens is 3. The molecule has 1 aromatic rings. The molecule has 19 heavy (non-hydrogen) atoms. The average Bonchev–Trinajstić information content (AvgIpc) is 2.23. The van der Waals surface area contributed by atoms with Crippen molar-refractivity contribution in [1.29, 1.82) is 0 Å². The van der Waals surface area contributed by atoms with Crippen LogP contribution in [0.5, 0.6) is 0 Å². The van der Waals surface area contributed by atoms with E-state index in [-0.39, 0.29) is 5.56 Å². The van der Waals surface area contributed by atoms with Gasteiger partial charge in [-0.15, -0.1) is 0 Å². The second-order valence-electron chi connectivity index (χ2n) is 5.26. The zero-order chi connectivity index (χ0) is 14.8. The van der Waals surface area contributed by atoms with E-state index < -0.39 is 29.1 Å². The number of alkyl halides is 3. The van der Waals surface area contributed by atoms with E-state index in [0.29, 0.717) is 0 Å². The topological polar surface area (TPSA) is 62.0 Å². The normalized spacial score (nSPS) is 14.0. The van der Waals surface area contributed by atoms with Gasteiger partial charge in [-0.1, -0.05) is 20.8 Å². The fraction of sp³-hybridized carbons (Fsp3) is 0.500. The molecule has 0 radical (unpaired) electrons. The van der Waals surface area contributed by atoms with Gasteiger partial charge in [0.1, 0.15) is 6.04 Å². The lowest BCUT2D eigenvalue weighted by Crippen LogP contribution is -2.53. The molecule has 0 aliphatic rings. The van der Waals surface area contributed by atoms with Crippen molar-refractivity contribution in [2.24, 2.45) is 5.41 Å². The summed E-state index contributed by atoms with van der Waals surface area (Å²) in [6.07, 6.45) is -3.47. The van der Waals surface area contributed by atoms with Crippen LogP contribution < -0.4 is 10.9 Å². The summed E-state index contributed by atoms with van der Waals surface area (Å²) >= 11 is 0. The SMILES string of the molecule is CC(C)(C)C(NC(=O)c1ccc(=O)[nH]c1)C(F)(F)F. The summed E-state index contributed by atoms with van der Waals surface area (Å²) in [6, 6.07) is 0.276. The number of rotatable bonds is 2. The van der Waals surface area contributed by atoms with Crippen molar-refractivity contribution in [2.45, 2.75) is 33.0 Å². The highest BCUT2D eigenvalue weighted by atomic mass is 19.4. The highest BCUT2D eigenvalue weighted by Crippen LogP contribution is 2.33. The number of H-pyrrole nitrogens is 1. The number of hydrogen-bond donors (Lipinski definition) is 2. The molecule has 4 nitrogen and oxygen atoms in total. The van der Waals surface area contributed by atoms with Crippen molar-refractivity contribution in [1.82, 2.24) is 10.3 Å². The molecule has 0 aromatic carbocycles. The molecule has 2 N–H and O–H groups in total. The Kier molecular flexibility index (Phi) is 4.07. The molecule has 0 aliphatic heterocycles. The van der Waals surface area contributed by atoms with Crippen molar-refractivity contribution >= 4 is 5.91 Å². The Bertz CT molecular complexity index is 480. The van der Waals surface area contributed by atoms with Crippen LogP contribution in [-0.4, -0.2) is 23.1 Å². The van der Waals surface area contributed by atoms with E-state index in [1.165, 1.54) is 26.8 Å². The van der Waals surface area contributed by atoms with E-state index in [2.05, 4.69) is 4.98 Å². The Labute approximate surface area is 108 Å². The summed E-state index contributed by atoms with van der Waals surface area (Å²) in [5.41, 5.74) is -1.63. The summed E-state index contributed by atoms with van der Waals surface area (Å²) in [6.45, 7) is 4.16. The first kappa shape index (κ1) is 15.3. The number of amides is 1. The molecule has 1 unspecified atom stereocenters. The van der Waals surface area contributed by atoms with Gasteiger partial charge in [0.15, 0.2) is 0 Å². The summed E-state index contributed by atoms with van der Waals surface area (Å²) in [5.74, 6) is -0.881. The van der Waals surface area contributed by atoms with Crippen molar-refractivity contribution in [2.75, 3.05) is 0 Å². The number of pyridine rings is 1. The van der Waals surface area contributed by atoms with Gasteiger partial charge in [-0.2, -0.15) is 13.2 Å². The van der Waals surface area contributed by atoms with Crippen LogP contribution in [0.1, 0.15) is 31.1 Å². The predicted molar refractivity (Wildman–Crippen MR) is 63.8 cm³/mol. The van der Waals surface area contributed by atoms with E-state index in [0.717, 1.165) is 12.3 Å². The molecule has 0 spiro atoms. The molecule has 1 heterocycles. The Morgan fingerprint density at radius 3 is 2.21 bits per heavy atom. The summed E-state index contributed by atoms with van der Waals surface area (Å²) < 4.78 is 38.7. The molecule has 0 saturated heterocycles. The van der Waals surface area contributed by atoms with Gasteiger partial charge in [-0.3, -0.25) is 9.59 Å². The maximum Gasteiger partial charge on any atom is 0.409 e. The molecule has 1 atom stereocenters. The van der Waals surface area contributed by atoms with E-state index in [9.17, 15) is 22.8 Å². The van der Waals surface area contributed by atoms with Crippen LogP contribution in [0, 0.1) is 5.41 Å². The lowest BCUT2D eigenvalue weighted by Gasteiger charge is -2.32. The van der Waals surface area contributed by atoms with E-state index in [4.69, 9.17) is 0 Å². The van der Waals surface area contributed by atoms with E-state index in [1.54, 1.807) is 0 Å². The van der Waals surface area contributed by atoms with Crippen molar-refractivity contribution in [3.8, 4) is 0 Å². The van der Waals surface area contributed by atoms with Gasteiger partial charge in [0.05, 0.1) is 5.56 Å². The molecule has 106 valence electrons. The van der Waals surface area contributed by atoms with Gasteiger partial charge >= 0.3 is 6.18 Å². The van der Waals surface area contributed by atoms with E-state index >= 15 is 0 Å². The van der Waals surface area contributed by atoms with Crippen LogP contribution in [0.2, 0.25) is 0 Å². The van der Waals surface area contributed by atoms with Crippen LogP contribution >= 0.6 is 0 Å². The number of carbonyl (C=O) groups is 1. The maximum absolute atomic E-state index is 12.9. The zero-order valence-corrected chi connectivity index (χ0v) is 10.8. The minimum atomic E-state index is -4.55. The first-order valence-electron chi connectivity index (χ1n) is 5.58. The lowest BCUT2D eigenvalue weighted by molar-refractivity contribution is -0.174. The molecule has 7 heteroatoms. The summed E-state index contributed by atoms with van der Waals surface area (Å²) in [4.78, 5) is 24.8. The minimum Gasteiger partial charge on any atom is -0.340 e. The second-order valence-corrected chi connectivity index (χ2v) is 5.26. The van der Waals surface area contributed by atoms with Crippen LogP contribution in [0.4, 0.5) is 13.2 Å². The monoisotopic (exact) mass is 276 g/mol. The number of aromatic nitrogens is 1. The third-order valence-electron chi connectivity index (χ3n) is 2.52. The summed E-state index contributed by atoms with van der Waals surface area (Å²) in [7, 11) is 0. The second kappa shape index (κ2) is 5.07. The highest BCUT2D eigenvalue weighted by Gasteiger charge is 2.47. The molecule has 0 saturated carbocycles. The van der Waals surface area contributed by atoms with Crippen LogP contribution in [-0.2, 0) is 0 Å². The molecule has 0 fully saturated rings. The van der Waals surface area contributed by atoms with Gasteiger partial charge < -0.3 is 10.3 Å². The van der Waals surface area contributed by atoms with Gasteiger partial charge in [-0.05, 0) is 11.5 Å². The number of nitrogens with one attached hydrogen (secondary N) is 2. The zero-order valence-electron chi connectivity index (χ0n) is 10.8. The average molecular weight is 276 g/mol. The van der Waals surface area contributed by atoms with Crippen LogP contribution in [0.15, 0.2) is 23.1 Å². The first-order chi connectivity index (χ1) is 8.51. The third kappa shape index (κ3) is 4.11. The Morgan fingerprint density at radius 2 is 1.84 bits per heavy atom. The molecule has 1 aromatic heterocycles. The summed E-state index contributed by atoms with van der Waals surface area (Å²) in [5, 5.41) is 1.95. The predicted octanol–water partition coefficient (Wildman–Crippen LogP) is 2.08. The number of aromatic amines is 1. The fourth-order valence-electron chi connectivity index (χ4n) is 1.56. The van der Waals surface area contributed by atoms with Gasteiger partial charge in [-0.25, -0.2) is 0 Å². The molecular weight excluding hydrogens is 261 g/mol. The lowest BCUT2D eigenvalue weighted by atomic mass is 9.86. The third-order valence-corrected chi connectivity index (χ3v) is 2.52. The van der Waals surface area contributed by atoms with Crippen LogP contribution in [0.25, 0.3) is 0 Å². The Hall–Kier alpha value is -1.79. The van der Waals surface area contributed by atoms with Crippen molar-refractivity contribution < 1.29 is 18.0 Å². The number of hydrogen-bond acceptors (Lipinski definition) is 2. The number of carbonyl (C=O) groups excluding carboxylic acids is 1. The van der Waals surface area contributed by atoms with Gasteiger partial charge in [0, 0.05) is 12.3 Å². The minimum absolute atomic E-state index is 0.0295. The first-order valence-corrected chi connectivity index (χ1v) is 5.58. The highest BCUT2D eigenvalue weighted by molar-refractivity contribution is 5.94. The van der Waals surface area contributed by atoms with Gasteiger partial charge in [0.2, 0.25) is 5.56 Å². The fourth-order valence-corrected chi connectivity index (χ4v) is 1.56. The quantitative estimate of drug-likeness (QED) is 0.868. The van der Waals surface area contributed by atoms with Crippen molar-refractivity contribution in [3.63, 3.8) is 0 Å². The maximum atomic E-state index is 12.9. The van der Waals surface area contributed by atoms with Gasteiger partial charge in [0.25, 0.3) is 5.91 Å². The largest absolute Gasteiger partial charge is 0.409 e.